The zero-order valence-corrected chi connectivity index (χ0v) is 13.7. The van der Waals surface area contributed by atoms with Gasteiger partial charge in [0.25, 0.3) is 0 Å². The van der Waals surface area contributed by atoms with Crippen LogP contribution in [0.1, 0.15) is 32.4 Å². The van der Waals surface area contributed by atoms with Crippen LogP contribution in [0.3, 0.4) is 0 Å². The van der Waals surface area contributed by atoms with E-state index in [9.17, 15) is 4.79 Å². The predicted octanol–water partition coefficient (Wildman–Crippen LogP) is 4.83. The van der Waals surface area contributed by atoms with Gasteiger partial charge in [0.1, 0.15) is 5.60 Å². The highest BCUT2D eigenvalue weighted by atomic mass is 35.5. The number of nitrogens with one attached hydrogen (secondary N) is 1. The van der Waals surface area contributed by atoms with Gasteiger partial charge in [-0.05, 0) is 50.6 Å². The first-order chi connectivity index (χ1) is 10.3. The van der Waals surface area contributed by atoms with Gasteiger partial charge in [-0.3, -0.25) is 0 Å². The molecule has 0 aromatic heterocycles. The molecule has 0 amide bonds. The Morgan fingerprint density at radius 2 is 1.77 bits per heavy atom. The summed E-state index contributed by atoms with van der Waals surface area (Å²) in [4.78, 5) is 12.5. The second-order valence-corrected chi connectivity index (χ2v) is 6.47. The van der Waals surface area contributed by atoms with E-state index in [1.54, 1.807) is 12.1 Å². The molecule has 0 aliphatic carbocycles. The fourth-order valence-corrected chi connectivity index (χ4v) is 2.22. The molecule has 0 radical (unpaired) electrons. The Kier molecular flexibility index (Phi) is 5.09. The molecule has 1 atom stereocenters. The highest BCUT2D eigenvalue weighted by Gasteiger charge is 2.26. The first-order valence-corrected chi connectivity index (χ1v) is 7.53. The lowest BCUT2D eigenvalue weighted by atomic mass is 10.1. The summed E-state index contributed by atoms with van der Waals surface area (Å²) in [6.45, 7) is 5.55. The first kappa shape index (κ1) is 16.4. The van der Waals surface area contributed by atoms with Gasteiger partial charge in [0.05, 0.1) is 0 Å². The minimum absolute atomic E-state index is 0.335. The van der Waals surface area contributed by atoms with E-state index in [1.807, 2.05) is 63.2 Å². The quantitative estimate of drug-likeness (QED) is 0.820. The average molecular weight is 318 g/mol. The molecule has 0 spiro atoms. The van der Waals surface area contributed by atoms with Crippen molar-refractivity contribution in [2.45, 2.75) is 32.4 Å². The fraction of sp³-hybridized carbons (Fsp3) is 0.278. The van der Waals surface area contributed by atoms with Gasteiger partial charge in [0.2, 0.25) is 0 Å². The highest BCUT2D eigenvalue weighted by Crippen LogP contribution is 2.25. The standard InChI is InChI=1S/C18H20ClNO2/c1-18(2,3)22-17(21)16(13-8-7-9-14(19)12-13)20-15-10-5-4-6-11-15/h4-12,16,20H,1-3H3. The number of carbonyl (C=O) groups excluding carboxylic acids is 1. The average Bonchev–Trinajstić information content (AvgIpc) is 2.44. The maximum absolute atomic E-state index is 12.5. The van der Waals surface area contributed by atoms with E-state index in [1.165, 1.54) is 0 Å². The summed E-state index contributed by atoms with van der Waals surface area (Å²) in [5, 5.41) is 3.80. The molecule has 4 heteroatoms. The minimum Gasteiger partial charge on any atom is -0.458 e. The predicted molar refractivity (Wildman–Crippen MR) is 90.1 cm³/mol. The van der Waals surface area contributed by atoms with E-state index in [2.05, 4.69) is 5.32 Å². The van der Waals surface area contributed by atoms with Crippen molar-refractivity contribution in [2.75, 3.05) is 5.32 Å². The molecular formula is C18H20ClNO2. The smallest absolute Gasteiger partial charge is 0.333 e. The van der Waals surface area contributed by atoms with Crippen LogP contribution in [0, 0.1) is 0 Å². The second kappa shape index (κ2) is 6.84. The molecule has 0 fully saturated rings. The minimum atomic E-state index is -0.611. The van der Waals surface area contributed by atoms with Crippen LogP contribution in [0.15, 0.2) is 54.6 Å². The number of hydrogen-bond donors (Lipinski definition) is 1. The Balaban J connectivity index is 2.30. The summed E-state index contributed by atoms with van der Waals surface area (Å²) in [5.74, 6) is -0.335. The molecule has 22 heavy (non-hydrogen) atoms. The van der Waals surface area contributed by atoms with Gasteiger partial charge in [-0.15, -0.1) is 0 Å². The summed E-state index contributed by atoms with van der Waals surface area (Å²) < 4.78 is 5.52. The van der Waals surface area contributed by atoms with Crippen molar-refractivity contribution in [3.8, 4) is 0 Å². The monoisotopic (exact) mass is 317 g/mol. The van der Waals surface area contributed by atoms with Gasteiger partial charge in [-0.1, -0.05) is 41.9 Å². The van der Waals surface area contributed by atoms with Gasteiger partial charge in [0, 0.05) is 10.7 Å². The second-order valence-electron chi connectivity index (χ2n) is 6.03. The number of halogens is 1. The number of anilines is 1. The van der Waals surface area contributed by atoms with E-state index in [4.69, 9.17) is 16.3 Å². The van der Waals surface area contributed by atoms with Crippen LogP contribution in [-0.2, 0) is 9.53 Å². The molecule has 0 aliphatic heterocycles. The number of para-hydroxylation sites is 1. The SMILES string of the molecule is CC(C)(C)OC(=O)C(Nc1ccccc1)c1cccc(Cl)c1. The van der Waals surface area contributed by atoms with Crippen LogP contribution in [0.5, 0.6) is 0 Å². The molecule has 1 unspecified atom stereocenters. The van der Waals surface area contributed by atoms with Crippen molar-refractivity contribution in [1.29, 1.82) is 0 Å². The number of esters is 1. The van der Waals surface area contributed by atoms with Crippen molar-refractivity contribution < 1.29 is 9.53 Å². The largest absolute Gasteiger partial charge is 0.458 e. The number of ether oxygens (including phenoxy) is 1. The lowest BCUT2D eigenvalue weighted by molar-refractivity contribution is -0.156. The van der Waals surface area contributed by atoms with Crippen molar-refractivity contribution in [3.05, 3.63) is 65.2 Å². The van der Waals surface area contributed by atoms with Gasteiger partial charge in [0.15, 0.2) is 6.04 Å². The third kappa shape index (κ3) is 4.78. The van der Waals surface area contributed by atoms with Crippen LogP contribution in [0.4, 0.5) is 5.69 Å². The Morgan fingerprint density at radius 1 is 1.09 bits per heavy atom. The van der Waals surface area contributed by atoms with Crippen molar-refractivity contribution >= 4 is 23.3 Å². The molecule has 2 aromatic carbocycles. The van der Waals surface area contributed by atoms with Crippen molar-refractivity contribution in [3.63, 3.8) is 0 Å². The van der Waals surface area contributed by atoms with Gasteiger partial charge in [-0.25, -0.2) is 4.79 Å². The molecule has 0 saturated carbocycles. The van der Waals surface area contributed by atoms with Crippen LogP contribution >= 0.6 is 11.6 Å². The molecule has 0 saturated heterocycles. The van der Waals surface area contributed by atoms with E-state index >= 15 is 0 Å². The summed E-state index contributed by atoms with van der Waals surface area (Å²) in [5.41, 5.74) is 1.07. The Bertz CT molecular complexity index is 635. The molecule has 1 N–H and O–H groups in total. The molecule has 2 rings (SSSR count). The van der Waals surface area contributed by atoms with Gasteiger partial charge >= 0.3 is 5.97 Å². The summed E-state index contributed by atoms with van der Waals surface area (Å²) in [7, 11) is 0. The maximum atomic E-state index is 12.5. The maximum Gasteiger partial charge on any atom is 0.333 e. The van der Waals surface area contributed by atoms with Crippen molar-refractivity contribution in [1.82, 2.24) is 0 Å². The zero-order chi connectivity index (χ0) is 16.2. The van der Waals surface area contributed by atoms with Crippen LogP contribution < -0.4 is 5.32 Å². The van der Waals surface area contributed by atoms with Crippen LogP contribution in [0.25, 0.3) is 0 Å². The van der Waals surface area contributed by atoms with E-state index in [-0.39, 0.29) is 5.97 Å². The van der Waals surface area contributed by atoms with Crippen LogP contribution in [-0.4, -0.2) is 11.6 Å². The Morgan fingerprint density at radius 3 is 2.36 bits per heavy atom. The Labute approximate surface area is 136 Å². The molecule has 116 valence electrons. The molecular weight excluding hydrogens is 298 g/mol. The van der Waals surface area contributed by atoms with E-state index in [0.29, 0.717) is 5.02 Å². The Hall–Kier alpha value is -2.00. The van der Waals surface area contributed by atoms with Crippen LogP contribution in [0.2, 0.25) is 5.02 Å². The van der Waals surface area contributed by atoms with E-state index in [0.717, 1.165) is 11.3 Å². The number of hydrogen-bond acceptors (Lipinski definition) is 3. The molecule has 0 bridgehead atoms. The van der Waals surface area contributed by atoms with Crippen molar-refractivity contribution in [2.24, 2.45) is 0 Å². The summed E-state index contributed by atoms with van der Waals surface area (Å²) in [6.07, 6.45) is 0. The topological polar surface area (TPSA) is 38.3 Å². The molecule has 3 nitrogen and oxygen atoms in total. The molecule has 0 heterocycles. The first-order valence-electron chi connectivity index (χ1n) is 7.15. The fourth-order valence-electron chi connectivity index (χ4n) is 2.03. The third-order valence-electron chi connectivity index (χ3n) is 2.91. The lowest BCUT2D eigenvalue weighted by Gasteiger charge is -2.25. The number of carbonyl (C=O) groups is 1. The highest BCUT2D eigenvalue weighted by molar-refractivity contribution is 6.30. The van der Waals surface area contributed by atoms with Gasteiger partial charge < -0.3 is 10.1 Å². The van der Waals surface area contributed by atoms with E-state index < -0.39 is 11.6 Å². The number of rotatable bonds is 4. The van der Waals surface area contributed by atoms with Gasteiger partial charge in [-0.2, -0.15) is 0 Å². The zero-order valence-electron chi connectivity index (χ0n) is 13.0. The normalized spacial score (nSPS) is 12.5. The molecule has 0 aliphatic rings. The molecule has 2 aromatic rings. The third-order valence-corrected chi connectivity index (χ3v) is 3.14. The summed E-state index contributed by atoms with van der Waals surface area (Å²) in [6, 6.07) is 16.2. The summed E-state index contributed by atoms with van der Waals surface area (Å²) >= 11 is 6.05. The lowest BCUT2D eigenvalue weighted by Crippen LogP contribution is -2.31. The number of benzene rings is 2.